The van der Waals surface area contributed by atoms with Crippen molar-refractivity contribution in [3.05, 3.63) is 28.0 Å². The Morgan fingerprint density at radius 3 is 2.43 bits per heavy atom. The maximum Gasteiger partial charge on any atom is 0.251 e. The van der Waals surface area contributed by atoms with Gasteiger partial charge in [-0.1, -0.05) is 20.8 Å². The maximum atomic E-state index is 13.8. The minimum atomic E-state index is -4.13. The normalized spacial score (nSPS) is 13.3. The zero-order valence-corrected chi connectivity index (χ0v) is 14.4. The van der Waals surface area contributed by atoms with Gasteiger partial charge in [-0.05, 0) is 40.4 Å². The van der Waals surface area contributed by atoms with Crippen LogP contribution >= 0.6 is 15.9 Å². The lowest BCUT2D eigenvalue weighted by Gasteiger charge is -2.21. The molecule has 0 saturated carbocycles. The van der Waals surface area contributed by atoms with Crippen LogP contribution in [0.1, 0.15) is 37.6 Å². The monoisotopic (exact) mass is 380 g/mol. The molecular formula is C13H18BrFN2O3S. The second-order valence-electron chi connectivity index (χ2n) is 5.05. The molecule has 1 atom stereocenters. The third-order valence-electron chi connectivity index (χ3n) is 3.12. The van der Waals surface area contributed by atoms with Gasteiger partial charge in [-0.2, -0.15) is 0 Å². The molecule has 0 spiro atoms. The van der Waals surface area contributed by atoms with Gasteiger partial charge in [0.1, 0.15) is 5.82 Å². The van der Waals surface area contributed by atoms with Crippen molar-refractivity contribution in [1.82, 2.24) is 5.32 Å². The Kier molecular flexibility index (Phi) is 5.89. The van der Waals surface area contributed by atoms with Gasteiger partial charge in [-0.3, -0.25) is 4.79 Å². The Hall–Kier alpha value is -0.990. The molecule has 0 heterocycles. The van der Waals surface area contributed by atoms with Gasteiger partial charge in [-0.25, -0.2) is 17.9 Å². The molecule has 0 radical (unpaired) electrons. The molecule has 1 aromatic carbocycles. The van der Waals surface area contributed by atoms with E-state index in [2.05, 4.69) is 21.2 Å². The molecule has 5 nitrogen and oxygen atoms in total. The highest BCUT2D eigenvalue weighted by molar-refractivity contribution is 9.10. The van der Waals surface area contributed by atoms with Crippen molar-refractivity contribution in [3.63, 3.8) is 0 Å². The summed E-state index contributed by atoms with van der Waals surface area (Å²) >= 11 is 2.82. The van der Waals surface area contributed by atoms with Crippen molar-refractivity contribution in [2.75, 3.05) is 0 Å². The number of sulfonamides is 1. The van der Waals surface area contributed by atoms with E-state index >= 15 is 0 Å². The molecular weight excluding hydrogens is 363 g/mol. The molecule has 21 heavy (non-hydrogen) atoms. The van der Waals surface area contributed by atoms with Crippen LogP contribution in [0.25, 0.3) is 0 Å². The molecule has 0 fully saturated rings. The number of hydrogen-bond donors (Lipinski definition) is 2. The van der Waals surface area contributed by atoms with E-state index in [9.17, 15) is 17.6 Å². The summed E-state index contributed by atoms with van der Waals surface area (Å²) in [6, 6.07) is 1.95. The molecule has 0 saturated heterocycles. The molecule has 3 N–H and O–H groups in total. The quantitative estimate of drug-likeness (QED) is 0.821. The van der Waals surface area contributed by atoms with Crippen LogP contribution < -0.4 is 10.5 Å². The van der Waals surface area contributed by atoms with Crippen molar-refractivity contribution in [1.29, 1.82) is 0 Å². The average Bonchev–Trinajstić information content (AvgIpc) is 2.36. The molecule has 8 heteroatoms. The summed E-state index contributed by atoms with van der Waals surface area (Å²) < 4.78 is 36.3. The fourth-order valence-electron chi connectivity index (χ4n) is 1.89. The van der Waals surface area contributed by atoms with Crippen molar-refractivity contribution < 1.29 is 17.6 Å². The first-order valence-electron chi connectivity index (χ1n) is 6.40. The van der Waals surface area contributed by atoms with Crippen molar-refractivity contribution >= 4 is 31.9 Å². The molecule has 0 aliphatic heterocycles. The minimum Gasteiger partial charge on any atom is -0.349 e. The summed E-state index contributed by atoms with van der Waals surface area (Å²) in [5, 5.41) is 7.77. The molecule has 118 valence electrons. The lowest BCUT2D eigenvalue weighted by Crippen LogP contribution is -2.38. The third-order valence-corrected chi connectivity index (χ3v) is 5.13. The Morgan fingerprint density at radius 2 is 2.00 bits per heavy atom. The molecule has 1 unspecified atom stereocenters. The van der Waals surface area contributed by atoms with E-state index in [-0.39, 0.29) is 22.0 Å². The predicted octanol–water partition coefficient (Wildman–Crippen LogP) is 2.40. The van der Waals surface area contributed by atoms with E-state index in [1.807, 2.05) is 20.8 Å². The molecule has 1 rings (SSSR count). The topological polar surface area (TPSA) is 89.3 Å². The van der Waals surface area contributed by atoms with Crippen LogP contribution in [0, 0.1) is 11.7 Å². The molecule has 1 aromatic rings. The van der Waals surface area contributed by atoms with Crippen LogP contribution in [0.4, 0.5) is 4.39 Å². The molecule has 0 aliphatic carbocycles. The third kappa shape index (κ3) is 4.49. The first kappa shape index (κ1) is 18.1. The lowest BCUT2D eigenvalue weighted by atomic mass is 10.0. The van der Waals surface area contributed by atoms with Crippen LogP contribution in [-0.2, 0) is 10.0 Å². The summed E-state index contributed by atoms with van der Waals surface area (Å²) in [5.41, 5.74) is -0.0844. The van der Waals surface area contributed by atoms with Gasteiger partial charge in [0.15, 0.2) is 0 Å². The fraction of sp³-hybridized carbons (Fsp3) is 0.462. The van der Waals surface area contributed by atoms with Gasteiger partial charge in [0.25, 0.3) is 5.91 Å². The van der Waals surface area contributed by atoms with E-state index in [1.165, 1.54) is 0 Å². The van der Waals surface area contributed by atoms with Crippen molar-refractivity contribution in [2.24, 2.45) is 11.1 Å². The summed E-state index contributed by atoms with van der Waals surface area (Å²) in [5.74, 6) is -1.19. The molecule has 1 amide bonds. The van der Waals surface area contributed by atoms with E-state index in [1.54, 1.807) is 0 Å². The lowest BCUT2D eigenvalue weighted by molar-refractivity contribution is 0.0924. The number of nitrogens with two attached hydrogens (primary N) is 1. The predicted molar refractivity (Wildman–Crippen MR) is 81.9 cm³/mol. The first-order chi connectivity index (χ1) is 9.57. The summed E-state index contributed by atoms with van der Waals surface area (Å²) in [7, 11) is -4.13. The average molecular weight is 381 g/mol. The number of nitrogens with one attached hydrogen (secondary N) is 1. The number of hydrogen-bond acceptors (Lipinski definition) is 3. The van der Waals surface area contributed by atoms with Crippen LogP contribution in [-0.4, -0.2) is 20.4 Å². The highest BCUT2D eigenvalue weighted by Gasteiger charge is 2.22. The number of halogens is 2. The summed E-state index contributed by atoms with van der Waals surface area (Å²) in [6.07, 6.45) is 0.713. The van der Waals surface area contributed by atoms with Crippen molar-refractivity contribution in [2.45, 2.75) is 38.1 Å². The molecule has 0 bridgehead atoms. The van der Waals surface area contributed by atoms with Gasteiger partial charge >= 0.3 is 0 Å². The van der Waals surface area contributed by atoms with E-state index in [0.29, 0.717) is 6.42 Å². The first-order valence-corrected chi connectivity index (χ1v) is 8.74. The fourth-order valence-corrected chi connectivity index (χ4v) is 3.44. The van der Waals surface area contributed by atoms with Crippen molar-refractivity contribution in [3.8, 4) is 0 Å². The Morgan fingerprint density at radius 1 is 1.43 bits per heavy atom. The highest BCUT2D eigenvalue weighted by atomic mass is 79.9. The minimum absolute atomic E-state index is 0.0814. The van der Waals surface area contributed by atoms with Gasteiger partial charge < -0.3 is 5.32 Å². The Bertz CT molecular complexity index is 647. The summed E-state index contributed by atoms with van der Waals surface area (Å²) in [4.78, 5) is 11.7. The van der Waals surface area contributed by atoms with Crippen LogP contribution in [0.3, 0.4) is 0 Å². The smallest absolute Gasteiger partial charge is 0.251 e. The molecule has 0 aromatic heterocycles. The van der Waals surface area contributed by atoms with E-state index in [4.69, 9.17) is 5.14 Å². The number of rotatable bonds is 5. The van der Waals surface area contributed by atoms with E-state index < -0.39 is 26.6 Å². The molecule has 0 aliphatic rings. The van der Waals surface area contributed by atoms with Gasteiger partial charge in [0.05, 0.1) is 9.37 Å². The largest absolute Gasteiger partial charge is 0.349 e. The Labute approximate surface area is 132 Å². The number of carbonyl (C=O) groups is 1. The second-order valence-corrected chi connectivity index (χ2v) is 7.37. The van der Waals surface area contributed by atoms with Crippen LogP contribution in [0.2, 0.25) is 0 Å². The van der Waals surface area contributed by atoms with Gasteiger partial charge in [0.2, 0.25) is 10.0 Å². The van der Waals surface area contributed by atoms with Crippen LogP contribution in [0.5, 0.6) is 0 Å². The number of benzene rings is 1. The Balaban J connectivity index is 3.20. The zero-order valence-electron chi connectivity index (χ0n) is 12.0. The standard InChI is InChI=1S/C13H18BrFN2O3S/c1-4-10(7(2)3)17-13(18)8-5-9(15)12(14)11(6-8)21(16,19)20/h5-7,10H,4H2,1-3H3,(H,17,18)(H2,16,19,20). The SMILES string of the molecule is CCC(NC(=O)c1cc(F)c(Br)c(S(N)(=O)=O)c1)C(C)C. The number of carbonyl (C=O) groups excluding carboxylic acids is 1. The highest BCUT2D eigenvalue weighted by Crippen LogP contribution is 2.26. The zero-order chi connectivity index (χ0) is 16.4. The number of amides is 1. The number of primary sulfonamides is 1. The second kappa shape index (κ2) is 6.85. The van der Waals surface area contributed by atoms with Gasteiger partial charge in [-0.15, -0.1) is 0 Å². The van der Waals surface area contributed by atoms with Crippen LogP contribution in [0.15, 0.2) is 21.5 Å². The van der Waals surface area contributed by atoms with E-state index in [0.717, 1.165) is 12.1 Å². The maximum absolute atomic E-state index is 13.8. The summed E-state index contributed by atoms with van der Waals surface area (Å²) in [6.45, 7) is 5.82. The van der Waals surface area contributed by atoms with Gasteiger partial charge in [0, 0.05) is 11.6 Å².